The predicted molar refractivity (Wildman–Crippen MR) is 71.9 cm³/mol. The van der Waals surface area contributed by atoms with Crippen molar-refractivity contribution in [3.05, 3.63) is 34.3 Å². The van der Waals surface area contributed by atoms with E-state index in [1.54, 1.807) is 0 Å². The van der Waals surface area contributed by atoms with Gasteiger partial charge in [0.1, 0.15) is 0 Å². The highest BCUT2D eigenvalue weighted by atomic mass is 79.9. The van der Waals surface area contributed by atoms with Gasteiger partial charge in [-0.25, -0.2) is 0 Å². The van der Waals surface area contributed by atoms with Crippen LogP contribution in [0.5, 0.6) is 0 Å². The molecular formula is C13H17BrN2O. The minimum absolute atomic E-state index is 0.191. The predicted octanol–water partition coefficient (Wildman–Crippen LogP) is 1.81. The zero-order valence-electron chi connectivity index (χ0n) is 9.95. The minimum atomic E-state index is 0.191. The Labute approximate surface area is 110 Å². The molecular weight excluding hydrogens is 280 g/mol. The van der Waals surface area contributed by atoms with Crippen LogP contribution in [0.2, 0.25) is 0 Å². The lowest BCUT2D eigenvalue weighted by atomic mass is 10.1. The highest BCUT2D eigenvalue weighted by molar-refractivity contribution is 9.10. The molecule has 0 bridgehead atoms. The van der Waals surface area contributed by atoms with E-state index in [1.807, 2.05) is 36.2 Å². The number of likely N-dealkylation sites (N-methyl/N-ethyl adjacent to an activating group) is 1. The third kappa shape index (κ3) is 3.30. The lowest BCUT2D eigenvalue weighted by Crippen LogP contribution is -2.39. The number of carbonyl (C=O) groups is 1. The Morgan fingerprint density at radius 1 is 1.59 bits per heavy atom. The van der Waals surface area contributed by atoms with Gasteiger partial charge in [-0.05, 0) is 30.7 Å². The van der Waals surface area contributed by atoms with Gasteiger partial charge in [0, 0.05) is 24.1 Å². The van der Waals surface area contributed by atoms with E-state index in [2.05, 4.69) is 21.2 Å². The van der Waals surface area contributed by atoms with Crippen molar-refractivity contribution in [2.75, 3.05) is 20.1 Å². The second-order valence-electron chi connectivity index (χ2n) is 4.46. The average Bonchev–Trinajstić information content (AvgIpc) is 2.81. The molecule has 2 rings (SSSR count). The molecule has 1 amide bonds. The number of halogens is 1. The van der Waals surface area contributed by atoms with Gasteiger partial charge in [-0.3, -0.25) is 4.79 Å². The van der Waals surface area contributed by atoms with Crippen molar-refractivity contribution in [2.24, 2.45) is 0 Å². The van der Waals surface area contributed by atoms with Crippen LogP contribution in [0.15, 0.2) is 28.7 Å². The lowest BCUT2D eigenvalue weighted by molar-refractivity contribution is -0.130. The van der Waals surface area contributed by atoms with Gasteiger partial charge in [0.2, 0.25) is 5.91 Å². The van der Waals surface area contributed by atoms with Crippen LogP contribution >= 0.6 is 15.9 Å². The summed E-state index contributed by atoms with van der Waals surface area (Å²) in [5.41, 5.74) is 1.06. The van der Waals surface area contributed by atoms with E-state index in [-0.39, 0.29) is 5.91 Å². The monoisotopic (exact) mass is 296 g/mol. The number of hydrogen-bond donors (Lipinski definition) is 1. The molecule has 1 aromatic rings. The number of nitrogens with zero attached hydrogens (tertiary/aromatic N) is 1. The van der Waals surface area contributed by atoms with Crippen molar-refractivity contribution in [2.45, 2.75) is 18.9 Å². The summed E-state index contributed by atoms with van der Waals surface area (Å²) >= 11 is 3.42. The highest BCUT2D eigenvalue weighted by Crippen LogP contribution is 2.14. The van der Waals surface area contributed by atoms with Crippen LogP contribution in [0.1, 0.15) is 12.0 Å². The first-order valence-electron chi connectivity index (χ1n) is 5.87. The zero-order chi connectivity index (χ0) is 12.3. The van der Waals surface area contributed by atoms with Gasteiger partial charge in [-0.15, -0.1) is 0 Å². The first-order chi connectivity index (χ1) is 8.16. The molecule has 1 aromatic carbocycles. The normalized spacial score (nSPS) is 19.3. The molecule has 0 radical (unpaired) electrons. The molecule has 1 N–H and O–H groups in total. The van der Waals surface area contributed by atoms with Crippen molar-refractivity contribution in [3.8, 4) is 0 Å². The summed E-state index contributed by atoms with van der Waals surface area (Å²) in [6, 6.07) is 8.28. The third-order valence-corrected chi connectivity index (χ3v) is 3.71. The quantitative estimate of drug-likeness (QED) is 0.923. The fourth-order valence-electron chi connectivity index (χ4n) is 2.12. The molecule has 1 aliphatic heterocycles. The van der Waals surface area contributed by atoms with Gasteiger partial charge in [0.25, 0.3) is 0 Å². The van der Waals surface area contributed by atoms with Crippen molar-refractivity contribution >= 4 is 21.8 Å². The number of nitrogens with one attached hydrogen (secondary N) is 1. The van der Waals surface area contributed by atoms with E-state index < -0.39 is 0 Å². The lowest BCUT2D eigenvalue weighted by Gasteiger charge is -2.23. The fourth-order valence-corrected chi connectivity index (χ4v) is 2.57. The Morgan fingerprint density at radius 2 is 2.41 bits per heavy atom. The third-order valence-electron chi connectivity index (χ3n) is 3.22. The Kier molecular flexibility index (Phi) is 4.18. The molecule has 1 aliphatic rings. The van der Waals surface area contributed by atoms with E-state index >= 15 is 0 Å². The fraction of sp³-hybridized carbons (Fsp3) is 0.462. The van der Waals surface area contributed by atoms with Gasteiger partial charge in [-0.1, -0.05) is 28.1 Å². The maximum Gasteiger partial charge on any atom is 0.227 e. The SMILES string of the molecule is CN(C(=O)Cc1cccc(Br)c1)C1CCNC1. The minimum Gasteiger partial charge on any atom is -0.341 e. The molecule has 1 fully saturated rings. The van der Waals surface area contributed by atoms with Gasteiger partial charge in [-0.2, -0.15) is 0 Å². The van der Waals surface area contributed by atoms with E-state index in [9.17, 15) is 4.79 Å². The van der Waals surface area contributed by atoms with E-state index in [0.29, 0.717) is 12.5 Å². The Balaban J connectivity index is 1.96. The van der Waals surface area contributed by atoms with Gasteiger partial charge >= 0.3 is 0 Å². The topological polar surface area (TPSA) is 32.3 Å². The molecule has 0 aromatic heterocycles. The Bertz CT molecular complexity index is 402. The molecule has 1 unspecified atom stereocenters. The number of rotatable bonds is 3. The summed E-state index contributed by atoms with van der Waals surface area (Å²) in [4.78, 5) is 14.0. The Hall–Kier alpha value is -0.870. The number of carbonyl (C=O) groups excluding carboxylic acids is 1. The molecule has 0 spiro atoms. The number of hydrogen-bond acceptors (Lipinski definition) is 2. The summed E-state index contributed by atoms with van der Waals surface area (Å²) in [5, 5.41) is 3.28. The second-order valence-corrected chi connectivity index (χ2v) is 5.37. The van der Waals surface area contributed by atoms with Crippen LogP contribution in [0.4, 0.5) is 0 Å². The highest BCUT2D eigenvalue weighted by Gasteiger charge is 2.22. The first-order valence-corrected chi connectivity index (χ1v) is 6.67. The molecule has 17 heavy (non-hydrogen) atoms. The standard InChI is InChI=1S/C13H17BrN2O/c1-16(12-5-6-15-9-12)13(17)8-10-3-2-4-11(14)7-10/h2-4,7,12,15H,5-6,8-9H2,1H3. The molecule has 1 heterocycles. The van der Waals surface area contributed by atoms with Crippen LogP contribution in [0.3, 0.4) is 0 Å². The molecule has 3 nitrogen and oxygen atoms in total. The van der Waals surface area contributed by atoms with E-state index in [1.165, 1.54) is 0 Å². The summed E-state index contributed by atoms with van der Waals surface area (Å²) in [7, 11) is 1.90. The largest absolute Gasteiger partial charge is 0.341 e. The summed E-state index contributed by atoms with van der Waals surface area (Å²) in [5.74, 6) is 0.191. The number of amides is 1. The van der Waals surface area contributed by atoms with Crippen LogP contribution in [-0.2, 0) is 11.2 Å². The zero-order valence-corrected chi connectivity index (χ0v) is 11.5. The maximum atomic E-state index is 12.1. The van der Waals surface area contributed by atoms with Crippen LogP contribution in [0, 0.1) is 0 Å². The molecule has 0 aliphatic carbocycles. The van der Waals surface area contributed by atoms with Crippen molar-refractivity contribution in [3.63, 3.8) is 0 Å². The molecule has 4 heteroatoms. The van der Waals surface area contributed by atoms with Crippen molar-refractivity contribution < 1.29 is 4.79 Å². The second kappa shape index (κ2) is 5.65. The Morgan fingerprint density at radius 3 is 3.06 bits per heavy atom. The van der Waals surface area contributed by atoms with Crippen LogP contribution in [-0.4, -0.2) is 37.0 Å². The number of benzene rings is 1. The van der Waals surface area contributed by atoms with E-state index in [4.69, 9.17) is 0 Å². The van der Waals surface area contributed by atoms with Gasteiger partial charge in [0.05, 0.1) is 6.42 Å². The smallest absolute Gasteiger partial charge is 0.227 e. The maximum absolute atomic E-state index is 12.1. The molecule has 92 valence electrons. The van der Waals surface area contributed by atoms with Gasteiger partial charge in [0.15, 0.2) is 0 Å². The van der Waals surface area contributed by atoms with E-state index in [0.717, 1.165) is 29.5 Å². The van der Waals surface area contributed by atoms with Crippen molar-refractivity contribution in [1.29, 1.82) is 0 Å². The van der Waals surface area contributed by atoms with Crippen molar-refractivity contribution in [1.82, 2.24) is 10.2 Å². The summed E-state index contributed by atoms with van der Waals surface area (Å²) < 4.78 is 1.02. The summed E-state index contributed by atoms with van der Waals surface area (Å²) in [6.45, 7) is 1.93. The molecule has 1 atom stereocenters. The average molecular weight is 297 g/mol. The van der Waals surface area contributed by atoms with Gasteiger partial charge < -0.3 is 10.2 Å². The first kappa shape index (κ1) is 12.6. The molecule has 1 saturated heterocycles. The van der Waals surface area contributed by atoms with Crippen LogP contribution < -0.4 is 5.32 Å². The van der Waals surface area contributed by atoms with Crippen LogP contribution in [0.25, 0.3) is 0 Å². The molecule has 0 saturated carbocycles. The summed E-state index contributed by atoms with van der Waals surface area (Å²) in [6.07, 6.45) is 1.53.